The molecule has 1 aliphatic heterocycles. The van der Waals surface area contributed by atoms with Crippen molar-refractivity contribution in [1.82, 2.24) is 20.1 Å². The molecule has 0 bridgehead atoms. The molecule has 0 aromatic carbocycles. The Morgan fingerprint density at radius 1 is 1.56 bits per heavy atom. The smallest absolute Gasteiger partial charge is 0.138 e. The Bertz CT molecular complexity index is 321. The Labute approximate surface area is 97.5 Å². The first-order valence-electron chi connectivity index (χ1n) is 6.39. The van der Waals surface area contributed by atoms with Crippen LogP contribution < -0.4 is 5.32 Å². The van der Waals surface area contributed by atoms with E-state index in [1.807, 2.05) is 0 Å². The van der Waals surface area contributed by atoms with Gasteiger partial charge in [0.25, 0.3) is 0 Å². The number of nitrogens with one attached hydrogen (secondary N) is 1. The lowest BCUT2D eigenvalue weighted by Crippen LogP contribution is -2.36. The summed E-state index contributed by atoms with van der Waals surface area (Å²) in [6, 6.07) is 0.654. The number of hydrogen-bond acceptors (Lipinski definition) is 3. The largest absolute Gasteiger partial charge is 0.314 e. The molecular formula is C12H22N4. The van der Waals surface area contributed by atoms with Crippen LogP contribution in [0, 0.1) is 5.92 Å². The van der Waals surface area contributed by atoms with Crippen LogP contribution in [0.2, 0.25) is 0 Å². The molecule has 2 heterocycles. The van der Waals surface area contributed by atoms with Gasteiger partial charge in [0, 0.05) is 19.0 Å². The lowest BCUT2D eigenvalue weighted by Gasteiger charge is -2.27. The van der Waals surface area contributed by atoms with Gasteiger partial charge in [-0.3, -0.25) is 4.68 Å². The summed E-state index contributed by atoms with van der Waals surface area (Å²) in [5.41, 5.74) is 0. The molecule has 1 N–H and O–H groups in total. The van der Waals surface area contributed by atoms with Gasteiger partial charge in [-0.05, 0) is 38.6 Å². The minimum atomic E-state index is 0.654. The van der Waals surface area contributed by atoms with Crippen LogP contribution in [0.4, 0.5) is 0 Å². The summed E-state index contributed by atoms with van der Waals surface area (Å²) >= 11 is 0. The van der Waals surface area contributed by atoms with Crippen LogP contribution in [0.25, 0.3) is 0 Å². The average Bonchev–Trinajstić information content (AvgIpc) is 2.66. The molecule has 1 fully saturated rings. The quantitative estimate of drug-likeness (QED) is 0.842. The summed E-state index contributed by atoms with van der Waals surface area (Å²) in [5, 5.41) is 7.77. The van der Waals surface area contributed by atoms with Crippen molar-refractivity contribution in [2.45, 2.75) is 52.1 Å². The molecule has 1 aliphatic rings. The van der Waals surface area contributed by atoms with E-state index in [0.29, 0.717) is 6.04 Å². The fourth-order valence-electron chi connectivity index (χ4n) is 2.52. The minimum absolute atomic E-state index is 0.654. The molecule has 4 heteroatoms. The van der Waals surface area contributed by atoms with Crippen LogP contribution in [0.15, 0.2) is 6.33 Å². The van der Waals surface area contributed by atoms with Crippen LogP contribution in [-0.2, 0) is 13.0 Å². The number of nitrogens with zero attached hydrogens (tertiary/aromatic N) is 3. The van der Waals surface area contributed by atoms with Gasteiger partial charge in [-0.1, -0.05) is 6.92 Å². The third-order valence-electron chi connectivity index (χ3n) is 3.33. The van der Waals surface area contributed by atoms with Crippen molar-refractivity contribution >= 4 is 0 Å². The van der Waals surface area contributed by atoms with Gasteiger partial charge in [-0.25, -0.2) is 4.98 Å². The summed E-state index contributed by atoms with van der Waals surface area (Å²) in [7, 11) is 0. The minimum Gasteiger partial charge on any atom is -0.314 e. The third kappa shape index (κ3) is 2.82. The standard InChI is InChI=1S/C12H22N4/c1-3-6-16-12(14-9-15-16)8-11-4-5-13-10(2)7-11/h9-11,13H,3-8H2,1-2H3. The van der Waals surface area contributed by atoms with E-state index in [1.54, 1.807) is 6.33 Å². The van der Waals surface area contributed by atoms with Crippen molar-refractivity contribution < 1.29 is 0 Å². The van der Waals surface area contributed by atoms with Gasteiger partial charge in [0.15, 0.2) is 0 Å². The zero-order valence-corrected chi connectivity index (χ0v) is 10.3. The fraction of sp³-hybridized carbons (Fsp3) is 0.833. The van der Waals surface area contributed by atoms with Gasteiger partial charge in [-0.15, -0.1) is 0 Å². The van der Waals surface area contributed by atoms with Crippen molar-refractivity contribution in [2.24, 2.45) is 5.92 Å². The molecule has 0 amide bonds. The molecule has 1 aromatic rings. The molecular weight excluding hydrogens is 200 g/mol. The van der Waals surface area contributed by atoms with Gasteiger partial charge in [0.2, 0.25) is 0 Å². The molecule has 2 unspecified atom stereocenters. The molecule has 0 spiro atoms. The van der Waals surface area contributed by atoms with E-state index in [9.17, 15) is 0 Å². The Hall–Kier alpha value is -0.900. The fourth-order valence-corrected chi connectivity index (χ4v) is 2.52. The first-order valence-corrected chi connectivity index (χ1v) is 6.39. The molecule has 1 saturated heterocycles. The second kappa shape index (κ2) is 5.43. The van der Waals surface area contributed by atoms with E-state index in [-0.39, 0.29) is 0 Å². The average molecular weight is 222 g/mol. The maximum Gasteiger partial charge on any atom is 0.138 e. The molecule has 1 aromatic heterocycles. The van der Waals surface area contributed by atoms with Gasteiger partial charge in [-0.2, -0.15) is 5.10 Å². The Morgan fingerprint density at radius 3 is 3.19 bits per heavy atom. The highest BCUT2D eigenvalue weighted by Gasteiger charge is 2.20. The third-order valence-corrected chi connectivity index (χ3v) is 3.33. The van der Waals surface area contributed by atoms with Crippen LogP contribution in [0.5, 0.6) is 0 Å². The van der Waals surface area contributed by atoms with E-state index in [0.717, 1.165) is 31.8 Å². The Morgan fingerprint density at radius 2 is 2.44 bits per heavy atom. The van der Waals surface area contributed by atoms with Crippen molar-refractivity contribution in [2.75, 3.05) is 6.54 Å². The zero-order valence-electron chi connectivity index (χ0n) is 10.3. The molecule has 2 rings (SSSR count). The highest BCUT2D eigenvalue weighted by molar-refractivity contribution is 4.90. The molecule has 90 valence electrons. The Kier molecular flexibility index (Phi) is 3.93. The molecule has 4 nitrogen and oxygen atoms in total. The van der Waals surface area contributed by atoms with E-state index in [1.165, 1.54) is 18.7 Å². The summed E-state index contributed by atoms with van der Waals surface area (Å²) in [5.74, 6) is 1.94. The monoisotopic (exact) mass is 222 g/mol. The summed E-state index contributed by atoms with van der Waals surface area (Å²) in [6.07, 6.45) is 6.43. The maximum absolute atomic E-state index is 4.39. The first kappa shape index (κ1) is 11.6. The van der Waals surface area contributed by atoms with Crippen molar-refractivity contribution in [3.8, 4) is 0 Å². The maximum atomic E-state index is 4.39. The molecule has 0 aliphatic carbocycles. The van der Waals surface area contributed by atoms with E-state index in [4.69, 9.17) is 0 Å². The van der Waals surface area contributed by atoms with Crippen molar-refractivity contribution in [3.05, 3.63) is 12.2 Å². The number of aromatic nitrogens is 3. The molecule has 0 radical (unpaired) electrons. The van der Waals surface area contributed by atoms with E-state index in [2.05, 4.69) is 33.9 Å². The van der Waals surface area contributed by atoms with Gasteiger partial charge >= 0.3 is 0 Å². The lowest BCUT2D eigenvalue weighted by molar-refractivity contribution is 0.306. The zero-order chi connectivity index (χ0) is 11.4. The highest BCUT2D eigenvalue weighted by Crippen LogP contribution is 2.19. The van der Waals surface area contributed by atoms with Crippen LogP contribution in [0.3, 0.4) is 0 Å². The van der Waals surface area contributed by atoms with Gasteiger partial charge < -0.3 is 5.32 Å². The molecule has 2 atom stereocenters. The van der Waals surface area contributed by atoms with Crippen molar-refractivity contribution in [1.29, 1.82) is 0 Å². The van der Waals surface area contributed by atoms with Crippen LogP contribution >= 0.6 is 0 Å². The predicted molar refractivity (Wildman–Crippen MR) is 64.2 cm³/mol. The highest BCUT2D eigenvalue weighted by atomic mass is 15.3. The molecule has 16 heavy (non-hydrogen) atoms. The van der Waals surface area contributed by atoms with Gasteiger partial charge in [0.05, 0.1) is 0 Å². The molecule has 0 saturated carbocycles. The Balaban J connectivity index is 1.94. The van der Waals surface area contributed by atoms with Gasteiger partial charge in [0.1, 0.15) is 12.2 Å². The second-order valence-electron chi connectivity index (χ2n) is 4.85. The number of rotatable bonds is 4. The first-order chi connectivity index (χ1) is 7.79. The summed E-state index contributed by atoms with van der Waals surface area (Å²) < 4.78 is 2.06. The van der Waals surface area contributed by atoms with Crippen LogP contribution in [0.1, 0.15) is 38.9 Å². The number of piperidine rings is 1. The second-order valence-corrected chi connectivity index (χ2v) is 4.85. The number of aryl methyl sites for hydroxylation is 1. The number of hydrogen-bond donors (Lipinski definition) is 1. The lowest BCUT2D eigenvalue weighted by atomic mass is 9.90. The van der Waals surface area contributed by atoms with E-state index >= 15 is 0 Å². The summed E-state index contributed by atoms with van der Waals surface area (Å²) in [6.45, 7) is 6.59. The topological polar surface area (TPSA) is 42.7 Å². The van der Waals surface area contributed by atoms with Crippen molar-refractivity contribution in [3.63, 3.8) is 0 Å². The van der Waals surface area contributed by atoms with Crippen LogP contribution in [-0.4, -0.2) is 27.4 Å². The normalized spacial score (nSPS) is 25.9. The predicted octanol–water partition coefficient (Wildman–Crippen LogP) is 1.62. The van der Waals surface area contributed by atoms with E-state index < -0.39 is 0 Å². The SMILES string of the molecule is CCCn1ncnc1CC1CCNC(C)C1. The summed E-state index contributed by atoms with van der Waals surface area (Å²) in [4.78, 5) is 4.39.